The van der Waals surface area contributed by atoms with Crippen LogP contribution in [0.3, 0.4) is 0 Å². The van der Waals surface area contributed by atoms with Crippen molar-refractivity contribution in [2.45, 2.75) is 65.3 Å². The fraction of sp³-hybridized carbons (Fsp3) is 0.413. The highest BCUT2D eigenvalue weighted by atomic mass is 16.5. The SMILES string of the molecule is Cc1c(C#N)c(-c2ccc(C#N)cc2)c(C)n1Cc1ccc(C(=O)NCCOCCOCCOCCNC(=O)C(CC(C)C)NC(=O)C(O)C(N)Cc2ccccc2)cc1. The molecule has 60 heavy (non-hydrogen) atoms. The number of nitrogens with one attached hydrogen (secondary N) is 3. The number of rotatable bonds is 24. The summed E-state index contributed by atoms with van der Waals surface area (Å²) in [5.74, 6) is -1.15. The first-order valence-corrected chi connectivity index (χ1v) is 20.2. The molecule has 0 saturated heterocycles. The summed E-state index contributed by atoms with van der Waals surface area (Å²) in [6.07, 6.45) is -0.754. The average molecular weight is 820 g/mol. The maximum atomic E-state index is 12.9. The molecule has 0 radical (unpaired) electrons. The molecule has 3 amide bonds. The largest absolute Gasteiger partial charge is 0.382 e. The van der Waals surface area contributed by atoms with Crippen LogP contribution in [0.25, 0.3) is 11.1 Å². The molecular formula is C46H57N7O7. The summed E-state index contributed by atoms with van der Waals surface area (Å²) in [6.45, 7) is 10.8. The van der Waals surface area contributed by atoms with Gasteiger partial charge in [0.05, 0.1) is 56.8 Å². The number of carbonyl (C=O) groups excluding carboxylic acids is 3. The lowest BCUT2D eigenvalue weighted by Crippen LogP contribution is -2.54. The number of benzene rings is 3. The number of carbonyl (C=O) groups is 3. The Balaban J connectivity index is 1.06. The standard InChI is InChI=1S/C46H57N7O7/c1-31(2)26-41(52-46(57)43(54)40(49)27-34-8-6-5-7-9-34)45(56)51-19-21-59-23-25-60-24-22-58-20-18-50-44(55)38-16-12-36(13-17-38)30-53-32(3)39(29-48)42(33(53)4)37-14-10-35(28-47)11-15-37/h5-17,31,40-41,43,54H,18-27,30,49H2,1-4H3,(H,50,55)(H,51,56)(H,52,57). The summed E-state index contributed by atoms with van der Waals surface area (Å²) < 4.78 is 18.8. The average Bonchev–Trinajstić information content (AvgIpc) is 3.49. The van der Waals surface area contributed by atoms with Gasteiger partial charge in [0, 0.05) is 48.2 Å². The van der Waals surface area contributed by atoms with Crippen LogP contribution >= 0.6 is 0 Å². The van der Waals surface area contributed by atoms with Crippen molar-refractivity contribution in [3.05, 3.63) is 118 Å². The molecule has 3 atom stereocenters. The Morgan fingerprint density at radius 1 is 0.750 bits per heavy atom. The van der Waals surface area contributed by atoms with E-state index in [0.717, 1.165) is 33.6 Å². The number of aliphatic hydroxyl groups excluding tert-OH is 1. The number of amides is 3. The third-order valence-corrected chi connectivity index (χ3v) is 9.90. The van der Waals surface area contributed by atoms with Crippen LogP contribution in [0.1, 0.15) is 64.3 Å². The number of nitriles is 2. The Labute approximate surface area is 352 Å². The first-order chi connectivity index (χ1) is 28.9. The zero-order valence-corrected chi connectivity index (χ0v) is 34.9. The van der Waals surface area contributed by atoms with Crippen molar-refractivity contribution in [1.29, 1.82) is 10.5 Å². The molecule has 0 fully saturated rings. The van der Waals surface area contributed by atoms with Crippen LogP contribution in [0.4, 0.5) is 0 Å². The Morgan fingerprint density at radius 2 is 1.35 bits per heavy atom. The third kappa shape index (κ3) is 14.2. The van der Waals surface area contributed by atoms with Crippen molar-refractivity contribution in [1.82, 2.24) is 20.5 Å². The first-order valence-electron chi connectivity index (χ1n) is 20.2. The fourth-order valence-corrected chi connectivity index (χ4v) is 6.67. The van der Waals surface area contributed by atoms with Crippen LogP contribution in [0.5, 0.6) is 0 Å². The monoisotopic (exact) mass is 819 g/mol. The molecule has 0 aliphatic carbocycles. The highest BCUT2D eigenvalue weighted by Crippen LogP contribution is 2.32. The van der Waals surface area contributed by atoms with Crippen LogP contribution in [-0.4, -0.2) is 98.3 Å². The van der Waals surface area contributed by atoms with Crippen LogP contribution in [0.15, 0.2) is 78.9 Å². The number of nitrogens with two attached hydrogens (primary N) is 1. The van der Waals surface area contributed by atoms with Gasteiger partial charge in [-0.25, -0.2) is 0 Å². The van der Waals surface area contributed by atoms with Crippen molar-refractivity contribution in [3.8, 4) is 23.3 Å². The maximum absolute atomic E-state index is 12.9. The molecule has 318 valence electrons. The zero-order chi connectivity index (χ0) is 43.4. The van der Waals surface area contributed by atoms with Gasteiger partial charge in [0.25, 0.3) is 11.8 Å². The summed E-state index contributed by atoms with van der Waals surface area (Å²) in [5, 5.41) is 37.9. The van der Waals surface area contributed by atoms with Crippen molar-refractivity contribution in [3.63, 3.8) is 0 Å². The van der Waals surface area contributed by atoms with Gasteiger partial charge in [0.2, 0.25) is 5.91 Å². The Hall–Kier alpha value is -5.87. The molecule has 3 aromatic carbocycles. The van der Waals surface area contributed by atoms with Gasteiger partial charge >= 0.3 is 0 Å². The predicted octanol–water partition coefficient (Wildman–Crippen LogP) is 3.92. The van der Waals surface area contributed by atoms with Gasteiger partial charge in [-0.2, -0.15) is 10.5 Å². The molecule has 0 spiro atoms. The molecule has 0 aliphatic heterocycles. The summed E-state index contributed by atoms with van der Waals surface area (Å²) in [6, 6.07) is 26.7. The molecule has 14 nitrogen and oxygen atoms in total. The van der Waals surface area contributed by atoms with Crippen LogP contribution in [-0.2, 0) is 36.8 Å². The van der Waals surface area contributed by atoms with Crippen molar-refractivity contribution < 1.29 is 33.7 Å². The van der Waals surface area contributed by atoms with Crippen molar-refractivity contribution in [2.24, 2.45) is 11.7 Å². The van der Waals surface area contributed by atoms with Gasteiger partial charge < -0.3 is 45.6 Å². The second kappa shape index (κ2) is 24.3. The minimum absolute atomic E-state index is 0.118. The highest BCUT2D eigenvalue weighted by Gasteiger charge is 2.28. The second-order valence-electron chi connectivity index (χ2n) is 14.9. The molecule has 0 saturated carbocycles. The van der Waals surface area contributed by atoms with Crippen LogP contribution in [0.2, 0.25) is 0 Å². The van der Waals surface area contributed by atoms with E-state index in [0.29, 0.717) is 75.7 Å². The molecule has 14 heteroatoms. The quantitative estimate of drug-likeness (QED) is 0.0643. The minimum Gasteiger partial charge on any atom is -0.382 e. The van der Waals surface area contributed by atoms with Crippen molar-refractivity contribution >= 4 is 17.7 Å². The van der Waals surface area contributed by atoms with E-state index in [-0.39, 0.29) is 30.9 Å². The molecule has 3 unspecified atom stereocenters. The van der Waals surface area contributed by atoms with E-state index in [1.807, 2.05) is 82.3 Å². The lowest BCUT2D eigenvalue weighted by atomic mass is 10.00. The molecule has 0 bridgehead atoms. The number of hydrogen-bond acceptors (Lipinski definition) is 10. The normalized spacial score (nSPS) is 12.6. The van der Waals surface area contributed by atoms with Crippen molar-refractivity contribution in [2.75, 3.05) is 52.7 Å². The van der Waals surface area contributed by atoms with Gasteiger partial charge in [0.1, 0.15) is 18.2 Å². The number of nitrogens with zero attached hydrogens (tertiary/aromatic N) is 3. The molecular weight excluding hydrogens is 763 g/mol. The van der Waals surface area contributed by atoms with Gasteiger partial charge in [-0.3, -0.25) is 14.4 Å². The van der Waals surface area contributed by atoms with Gasteiger partial charge in [-0.15, -0.1) is 0 Å². The molecule has 1 heterocycles. The van der Waals surface area contributed by atoms with E-state index in [9.17, 15) is 24.8 Å². The smallest absolute Gasteiger partial charge is 0.251 e. The topological polar surface area (TPSA) is 214 Å². The predicted molar refractivity (Wildman–Crippen MR) is 228 cm³/mol. The lowest BCUT2D eigenvalue weighted by Gasteiger charge is -2.24. The Morgan fingerprint density at radius 3 is 1.93 bits per heavy atom. The minimum atomic E-state index is -1.46. The molecule has 0 aliphatic rings. The van der Waals surface area contributed by atoms with Crippen LogP contribution in [0, 0.1) is 42.4 Å². The number of aliphatic hydroxyl groups is 1. The third-order valence-electron chi connectivity index (χ3n) is 9.90. The van der Waals surface area contributed by atoms with Gasteiger partial charge in [0.15, 0.2) is 0 Å². The van der Waals surface area contributed by atoms with E-state index in [2.05, 4.69) is 32.7 Å². The summed E-state index contributed by atoms with van der Waals surface area (Å²) >= 11 is 0. The van der Waals surface area contributed by atoms with E-state index in [4.69, 9.17) is 25.2 Å². The molecule has 4 aromatic rings. The summed E-state index contributed by atoms with van der Waals surface area (Å²) in [4.78, 5) is 38.4. The van der Waals surface area contributed by atoms with E-state index in [1.54, 1.807) is 24.3 Å². The highest BCUT2D eigenvalue weighted by molar-refractivity contribution is 5.94. The zero-order valence-electron chi connectivity index (χ0n) is 34.9. The Kier molecular flexibility index (Phi) is 18.9. The number of ether oxygens (including phenoxy) is 3. The van der Waals surface area contributed by atoms with E-state index in [1.165, 1.54) is 0 Å². The number of hydrogen-bond donors (Lipinski definition) is 5. The summed E-state index contributed by atoms with van der Waals surface area (Å²) in [5.41, 5.74) is 13.2. The van der Waals surface area contributed by atoms with E-state index >= 15 is 0 Å². The lowest BCUT2D eigenvalue weighted by molar-refractivity contribution is -0.135. The second-order valence-corrected chi connectivity index (χ2v) is 14.9. The fourth-order valence-electron chi connectivity index (χ4n) is 6.67. The molecule has 4 rings (SSSR count). The van der Waals surface area contributed by atoms with E-state index < -0.39 is 24.1 Å². The molecule has 1 aromatic heterocycles. The van der Waals surface area contributed by atoms with Crippen LogP contribution < -0.4 is 21.7 Å². The summed E-state index contributed by atoms with van der Waals surface area (Å²) in [7, 11) is 0. The number of aromatic nitrogens is 1. The molecule has 6 N–H and O–H groups in total. The van der Waals surface area contributed by atoms with Gasteiger partial charge in [-0.1, -0.05) is 68.4 Å². The maximum Gasteiger partial charge on any atom is 0.251 e. The Bertz CT molecular complexity index is 2070. The first kappa shape index (κ1) is 46.8. The van der Waals surface area contributed by atoms with Gasteiger partial charge in [-0.05, 0) is 73.6 Å².